The Kier molecular flexibility index (Phi) is 4.55. The highest BCUT2D eigenvalue weighted by Crippen LogP contribution is 2.35. The Morgan fingerprint density at radius 3 is 2.58 bits per heavy atom. The van der Waals surface area contributed by atoms with E-state index in [1.807, 2.05) is 13.8 Å². The van der Waals surface area contributed by atoms with Crippen LogP contribution < -0.4 is 0 Å². The first-order valence-electron chi connectivity index (χ1n) is 6.85. The Morgan fingerprint density at radius 1 is 1.37 bits per heavy atom. The molecule has 1 heterocycles. The minimum atomic E-state index is -0.836. The van der Waals surface area contributed by atoms with Crippen molar-refractivity contribution in [3.05, 3.63) is 35.6 Å². The van der Waals surface area contributed by atoms with Crippen LogP contribution in [-0.4, -0.2) is 41.8 Å². The summed E-state index contributed by atoms with van der Waals surface area (Å²) in [5.74, 6) is -0.345. The fourth-order valence-corrected chi connectivity index (χ4v) is 2.70. The summed E-state index contributed by atoms with van der Waals surface area (Å²) in [6.45, 7) is 6.90. The van der Waals surface area contributed by atoms with Crippen molar-refractivity contribution in [1.29, 1.82) is 0 Å². The average molecular weight is 267 g/mol. The lowest BCUT2D eigenvalue weighted by Crippen LogP contribution is -2.54. The van der Waals surface area contributed by atoms with Gasteiger partial charge in [-0.05, 0) is 19.4 Å². The van der Waals surface area contributed by atoms with Crippen LogP contribution in [0, 0.1) is 5.82 Å². The maximum atomic E-state index is 13.9. The molecule has 1 saturated heterocycles. The standard InChI is InChI=1S/C15H22FNO2/c1-3-15(2,17-8-10-19-11-9-17)14(18)12-6-4-5-7-13(12)16/h4-7,14,18H,3,8-11H2,1-2H3. The summed E-state index contributed by atoms with van der Waals surface area (Å²) in [7, 11) is 0. The number of morpholine rings is 1. The van der Waals surface area contributed by atoms with Crippen molar-refractivity contribution in [2.75, 3.05) is 26.3 Å². The summed E-state index contributed by atoms with van der Waals surface area (Å²) in [5, 5.41) is 10.7. The smallest absolute Gasteiger partial charge is 0.129 e. The van der Waals surface area contributed by atoms with Crippen LogP contribution in [0.2, 0.25) is 0 Å². The summed E-state index contributed by atoms with van der Waals surface area (Å²) in [6.07, 6.45) is -0.0838. The van der Waals surface area contributed by atoms with Gasteiger partial charge < -0.3 is 9.84 Å². The zero-order chi connectivity index (χ0) is 13.9. The molecule has 0 aromatic heterocycles. The van der Waals surface area contributed by atoms with Gasteiger partial charge in [-0.1, -0.05) is 25.1 Å². The maximum absolute atomic E-state index is 13.9. The fraction of sp³-hybridized carbons (Fsp3) is 0.600. The SMILES string of the molecule is CCC(C)(C(O)c1ccccc1F)N1CCOCC1. The molecule has 0 radical (unpaired) electrons. The molecular weight excluding hydrogens is 245 g/mol. The highest BCUT2D eigenvalue weighted by Gasteiger charge is 2.39. The maximum Gasteiger partial charge on any atom is 0.129 e. The molecule has 3 nitrogen and oxygen atoms in total. The van der Waals surface area contributed by atoms with Gasteiger partial charge in [-0.15, -0.1) is 0 Å². The molecule has 2 rings (SSSR count). The van der Waals surface area contributed by atoms with E-state index in [4.69, 9.17) is 4.74 Å². The molecule has 1 aromatic carbocycles. The Morgan fingerprint density at radius 2 is 2.00 bits per heavy atom. The van der Waals surface area contributed by atoms with Gasteiger partial charge in [0, 0.05) is 24.2 Å². The fourth-order valence-electron chi connectivity index (χ4n) is 2.70. The Bertz CT molecular complexity index is 420. The zero-order valence-electron chi connectivity index (χ0n) is 11.6. The van der Waals surface area contributed by atoms with Gasteiger partial charge >= 0.3 is 0 Å². The van der Waals surface area contributed by atoms with Gasteiger partial charge in [-0.2, -0.15) is 0 Å². The monoisotopic (exact) mass is 267 g/mol. The van der Waals surface area contributed by atoms with Crippen LogP contribution in [0.3, 0.4) is 0 Å². The van der Waals surface area contributed by atoms with Crippen LogP contribution in [0.25, 0.3) is 0 Å². The first-order chi connectivity index (χ1) is 9.09. The Hall–Kier alpha value is -0.970. The number of aliphatic hydroxyl groups is 1. The zero-order valence-corrected chi connectivity index (χ0v) is 11.6. The van der Waals surface area contributed by atoms with E-state index in [0.29, 0.717) is 18.8 Å². The van der Waals surface area contributed by atoms with E-state index in [9.17, 15) is 9.50 Å². The lowest BCUT2D eigenvalue weighted by molar-refractivity contribution is -0.0743. The number of rotatable bonds is 4. The normalized spacial score (nSPS) is 21.9. The quantitative estimate of drug-likeness (QED) is 0.909. The van der Waals surface area contributed by atoms with Gasteiger partial charge in [0.1, 0.15) is 5.82 Å². The highest BCUT2D eigenvalue weighted by molar-refractivity contribution is 5.23. The Balaban J connectivity index is 2.27. The van der Waals surface area contributed by atoms with E-state index in [0.717, 1.165) is 19.5 Å². The number of halogens is 1. The lowest BCUT2D eigenvalue weighted by Gasteiger charge is -2.46. The number of hydrogen-bond acceptors (Lipinski definition) is 3. The minimum absolute atomic E-state index is 0.345. The third-order valence-corrected chi connectivity index (χ3v) is 4.24. The van der Waals surface area contributed by atoms with Crippen molar-refractivity contribution in [2.45, 2.75) is 31.9 Å². The largest absolute Gasteiger partial charge is 0.386 e. The summed E-state index contributed by atoms with van der Waals surface area (Å²) in [4.78, 5) is 2.20. The molecule has 1 fully saturated rings. The lowest BCUT2D eigenvalue weighted by atomic mass is 9.84. The minimum Gasteiger partial charge on any atom is -0.386 e. The Labute approximate surface area is 114 Å². The van der Waals surface area contributed by atoms with Gasteiger partial charge in [-0.3, -0.25) is 4.90 Å². The van der Waals surface area contributed by atoms with Crippen molar-refractivity contribution in [3.63, 3.8) is 0 Å². The van der Waals surface area contributed by atoms with Crippen LogP contribution >= 0.6 is 0 Å². The summed E-state index contributed by atoms with van der Waals surface area (Å²) >= 11 is 0. The van der Waals surface area contributed by atoms with Crippen molar-refractivity contribution in [2.24, 2.45) is 0 Å². The predicted molar refractivity (Wildman–Crippen MR) is 72.4 cm³/mol. The molecule has 2 atom stereocenters. The molecule has 0 bridgehead atoms. The molecule has 0 amide bonds. The number of ether oxygens (including phenoxy) is 1. The van der Waals surface area contributed by atoms with Crippen LogP contribution in [0.15, 0.2) is 24.3 Å². The van der Waals surface area contributed by atoms with E-state index in [1.54, 1.807) is 18.2 Å². The second kappa shape index (κ2) is 5.99. The van der Waals surface area contributed by atoms with Gasteiger partial charge in [0.05, 0.1) is 19.3 Å². The number of nitrogens with zero attached hydrogens (tertiary/aromatic N) is 1. The summed E-state index contributed by atoms with van der Waals surface area (Å²) < 4.78 is 19.2. The molecule has 4 heteroatoms. The molecule has 1 aromatic rings. The molecule has 2 unspecified atom stereocenters. The molecule has 106 valence electrons. The topological polar surface area (TPSA) is 32.7 Å². The van der Waals surface area contributed by atoms with Gasteiger partial charge in [0.25, 0.3) is 0 Å². The molecule has 1 N–H and O–H groups in total. The molecule has 0 spiro atoms. The predicted octanol–water partition coefficient (Wildman–Crippen LogP) is 2.36. The van der Waals surface area contributed by atoms with E-state index in [2.05, 4.69) is 4.90 Å². The van der Waals surface area contributed by atoms with E-state index < -0.39 is 11.6 Å². The number of aliphatic hydroxyl groups excluding tert-OH is 1. The van der Waals surface area contributed by atoms with E-state index >= 15 is 0 Å². The first kappa shape index (κ1) is 14.4. The van der Waals surface area contributed by atoms with Crippen molar-refractivity contribution in [3.8, 4) is 0 Å². The molecule has 19 heavy (non-hydrogen) atoms. The van der Waals surface area contributed by atoms with Gasteiger partial charge in [0.2, 0.25) is 0 Å². The summed E-state index contributed by atoms with van der Waals surface area (Å²) in [6, 6.07) is 6.46. The van der Waals surface area contributed by atoms with Crippen LogP contribution in [0.1, 0.15) is 31.9 Å². The van der Waals surface area contributed by atoms with E-state index in [-0.39, 0.29) is 5.82 Å². The van der Waals surface area contributed by atoms with Crippen LogP contribution in [-0.2, 0) is 4.74 Å². The average Bonchev–Trinajstić information content (AvgIpc) is 2.47. The van der Waals surface area contributed by atoms with Crippen molar-refractivity contribution >= 4 is 0 Å². The molecule has 1 aliphatic rings. The first-order valence-corrected chi connectivity index (χ1v) is 6.85. The number of benzene rings is 1. The highest BCUT2D eigenvalue weighted by atomic mass is 19.1. The van der Waals surface area contributed by atoms with Crippen LogP contribution in [0.5, 0.6) is 0 Å². The third kappa shape index (κ3) is 2.81. The molecule has 0 aliphatic carbocycles. The molecular formula is C15H22FNO2. The van der Waals surface area contributed by atoms with Gasteiger partial charge in [0.15, 0.2) is 0 Å². The third-order valence-electron chi connectivity index (χ3n) is 4.24. The summed E-state index contributed by atoms with van der Waals surface area (Å²) in [5.41, 5.74) is -0.0928. The molecule has 0 saturated carbocycles. The molecule has 1 aliphatic heterocycles. The van der Waals surface area contributed by atoms with Crippen LogP contribution in [0.4, 0.5) is 4.39 Å². The second-order valence-corrected chi connectivity index (χ2v) is 5.23. The number of hydrogen-bond donors (Lipinski definition) is 1. The van der Waals surface area contributed by atoms with Gasteiger partial charge in [-0.25, -0.2) is 4.39 Å². The van der Waals surface area contributed by atoms with Crippen molar-refractivity contribution < 1.29 is 14.2 Å². The second-order valence-electron chi connectivity index (χ2n) is 5.23. The van der Waals surface area contributed by atoms with E-state index in [1.165, 1.54) is 6.07 Å². The van der Waals surface area contributed by atoms with Crippen molar-refractivity contribution in [1.82, 2.24) is 4.90 Å².